The number of nitrogens with one attached hydrogen (secondary N) is 1. The molecule has 0 fully saturated rings. The minimum atomic E-state index is -1.31. The first-order valence-electron chi connectivity index (χ1n) is 5.67. The van der Waals surface area contributed by atoms with Crippen LogP contribution in [0.15, 0.2) is 39.9 Å². The molecule has 0 aliphatic carbocycles. The number of furan rings is 1. The number of aromatic carboxylic acids is 1. The van der Waals surface area contributed by atoms with Gasteiger partial charge in [-0.3, -0.25) is 0 Å². The molecule has 8 heteroatoms. The lowest BCUT2D eigenvalue weighted by molar-refractivity contribution is -0.255. The number of primary amides is 1. The molecule has 21 heavy (non-hydrogen) atoms. The Morgan fingerprint density at radius 2 is 2.10 bits per heavy atom. The van der Waals surface area contributed by atoms with Gasteiger partial charge in [-0.1, -0.05) is 17.7 Å². The zero-order valence-electron chi connectivity index (χ0n) is 10.5. The van der Waals surface area contributed by atoms with Crippen LogP contribution in [0.25, 0.3) is 11.3 Å². The fourth-order valence-corrected chi connectivity index (χ4v) is 1.78. The quantitative estimate of drug-likeness (QED) is 0.645. The highest BCUT2D eigenvalue weighted by molar-refractivity contribution is 6.33. The molecule has 2 aromatic rings. The largest absolute Gasteiger partial charge is 0.545 e. The van der Waals surface area contributed by atoms with Gasteiger partial charge in [-0.25, -0.2) is 10.2 Å². The molecule has 108 valence electrons. The molecule has 0 aliphatic heterocycles. The third kappa shape index (κ3) is 3.61. The van der Waals surface area contributed by atoms with Crippen molar-refractivity contribution in [2.75, 3.05) is 0 Å². The van der Waals surface area contributed by atoms with Gasteiger partial charge in [0.15, 0.2) is 0 Å². The summed E-state index contributed by atoms with van der Waals surface area (Å²) in [5, 5.41) is 14.7. The second kappa shape index (κ2) is 6.10. The van der Waals surface area contributed by atoms with Gasteiger partial charge in [-0.15, -0.1) is 0 Å². The topological polar surface area (TPSA) is 121 Å². The summed E-state index contributed by atoms with van der Waals surface area (Å²) >= 11 is 6.01. The maximum absolute atomic E-state index is 10.8. The van der Waals surface area contributed by atoms with Crippen LogP contribution in [0.4, 0.5) is 4.79 Å². The van der Waals surface area contributed by atoms with E-state index in [0.717, 1.165) is 0 Å². The fraction of sp³-hybridized carbons (Fsp3) is 0. The van der Waals surface area contributed by atoms with Crippen LogP contribution in [0.2, 0.25) is 5.02 Å². The van der Waals surface area contributed by atoms with Gasteiger partial charge >= 0.3 is 6.03 Å². The van der Waals surface area contributed by atoms with E-state index in [1.807, 2.05) is 5.43 Å². The summed E-state index contributed by atoms with van der Waals surface area (Å²) < 4.78 is 5.43. The highest BCUT2D eigenvalue weighted by Crippen LogP contribution is 2.30. The molecule has 1 heterocycles. The summed E-state index contributed by atoms with van der Waals surface area (Å²) in [4.78, 5) is 21.3. The number of amides is 2. The Bertz CT molecular complexity index is 724. The van der Waals surface area contributed by atoms with Gasteiger partial charge in [0.2, 0.25) is 0 Å². The average molecular weight is 307 g/mol. The minimum absolute atomic E-state index is 0.0172. The number of halogens is 1. The molecule has 0 radical (unpaired) electrons. The summed E-state index contributed by atoms with van der Waals surface area (Å²) in [6.07, 6.45) is 1.24. The van der Waals surface area contributed by atoms with Crippen molar-refractivity contribution in [3.8, 4) is 11.3 Å². The van der Waals surface area contributed by atoms with Crippen molar-refractivity contribution in [3.05, 3.63) is 46.7 Å². The Kier molecular flexibility index (Phi) is 4.24. The van der Waals surface area contributed by atoms with E-state index >= 15 is 0 Å². The third-order valence-corrected chi connectivity index (χ3v) is 2.79. The van der Waals surface area contributed by atoms with Crippen LogP contribution in [0.3, 0.4) is 0 Å². The first-order chi connectivity index (χ1) is 9.97. The molecule has 3 N–H and O–H groups in total. The number of benzene rings is 1. The number of nitrogens with two attached hydrogens (primary N) is 1. The van der Waals surface area contributed by atoms with E-state index in [4.69, 9.17) is 21.8 Å². The molecule has 1 aromatic heterocycles. The van der Waals surface area contributed by atoms with Crippen molar-refractivity contribution in [1.82, 2.24) is 5.43 Å². The number of rotatable bonds is 4. The fourth-order valence-electron chi connectivity index (χ4n) is 1.57. The standard InChI is InChI=1S/C13H10ClN3O4/c14-10-3-1-7(12(18)19)5-9(10)11-4-2-8(21-11)6-16-17-13(15)20/h1-6H,(H,18,19)(H3,15,17,20)/p-1. The summed E-state index contributed by atoms with van der Waals surface area (Å²) in [5.41, 5.74) is 7.25. The number of hydrogen-bond acceptors (Lipinski definition) is 5. The molecular formula is C13H9ClN3O4-. The Labute approximate surface area is 124 Å². The SMILES string of the molecule is NC(=O)NN=Cc1ccc(-c2cc(C(=O)[O-])ccc2Cl)o1. The van der Waals surface area contributed by atoms with E-state index in [1.54, 1.807) is 12.1 Å². The normalized spacial score (nSPS) is 10.7. The smallest absolute Gasteiger partial charge is 0.332 e. The molecule has 2 amide bonds. The van der Waals surface area contributed by atoms with E-state index in [0.29, 0.717) is 22.1 Å². The zero-order chi connectivity index (χ0) is 15.4. The van der Waals surface area contributed by atoms with Gasteiger partial charge in [0.1, 0.15) is 11.5 Å². The molecular weight excluding hydrogens is 298 g/mol. The molecule has 0 saturated carbocycles. The highest BCUT2D eigenvalue weighted by Gasteiger charge is 2.09. The predicted molar refractivity (Wildman–Crippen MR) is 73.8 cm³/mol. The molecule has 2 rings (SSSR count). The maximum Gasteiger partial charge on any atom is 0.332 e. The lowest BCUT2D eigenvalue weighted by Gasteiger charge is -2.06. The number of carboxylic acid groups (broad SMARTS) is 1. The van der Waals surface area contributed by atoms with Gasteiger partial charge in [0.25, 0.3) is 0 Å². The van der Waals surface area contributed by atoms with E-state index < -0.39 is 12.0 Å². The van der Waals surface area contributed by atoms with Gasteiger partial charge in [-0.05, 0) is 29.8 Å². The van der Waals surface area contributed by atoms with Crippen molar-refractivity contribution >= 4 is 29.8 Å². The average Bonchev–Trinajstić information content (AvgIpc) is 2.87. The number of hydrogen-bond donors (Lipinski definition) is 2. The molecule has 7 nitrogen and oxygen atoms in total. The van der Waals surface area contributed by atoms with E-state index in [1.165, 1.54) is 24.4 Å². The Hall–Kier alpha value is -2.80. The molecule has 1 aromatic carbocycles. The van der Waals surface area contributed by atoms with Crippen molar-refractivity contribution in [1.29, 1.82) is 0 Å². The number of hydrazone groups is 1. The van der Waals surface area contributed by atoms with Gasteiger partial charge < -0.3 is 20.1 Å². The third-order valence-electron chi connectivity index (χ3n) is 2.46. The molecule has 0 spiro atoms. The van der Waals surface area contributed by atoms with Crippen LogP contribution in [0, 0.1) is 0 Å². The second-order valence-electron chi connectivity index (χ2n) is 3.92. The minimum Gasteiger partial charge on any atom is -0.545 e. The van der Waals surface area contributed by atoms with E-state index in [-0.39, 0.29) is 5.56 Å². The van der Waals surface area contributed by atoms with Crippen LogP contribution < -0.4 is 16.3 Å². The van der Waals surface area contributed by atoms with Crippen LogP contribution >= 0.6 is 11.6 Å². The first kappa shape index (κ1) is 14.6. The Balaban J connectivity index is 2.29. The summed E-state index contributed by atoms with van der Waals surface area (Å²) in [6.45, 7) is 0. The van der Waals surface area contributed by atoms with Crippen molar-refractivity contribution in [2.24, 2.45) is 10.8 Å². The first-order valence-corrected chi connectivity index (χ1v) is 6.05. The zero-order valence-corrected chi connectivity index (χ0v) is 11.3. The predicted octanol–water partition coefficient (Wildman–Crippen LogP) is 0.966. The number of urea groups is 1. The van der Waals surface area contributed by atoms with Crippen LogP contribution in [0.1, 0.15) is 16.1 Å². The number of carbonyl (C=O) groups is 2. The Morgan fingerprint density at radius 1 is 1.33 bits per heavy atom. The van der Waals surface area contributed by atoms with Gasteiger partial charge in [0, 0.05) is 5.56 Å². The molecule has 0 atom stereocenters. The van der Waals surface area contributed by atoms with Crippen LogP contribution in [-0.4, -0.2) is 18.2 Å². The van der Waals surface area contributed by atoms with Crippen molar-refractivity contribution < 1.29 is 19.1 Å². The van der Waals surface area contributed by atoms with Crippen LogP contribution in [-0.2, 0) is 0 Å². The van der Waals surface area contributed by atoms with E-state index in [2.05, 4.69) is 5.10 Å². The highest BCUT2D eigenvalue weighted by atomic mass is 35.5. The Morgan fingerprint density at radius 3 is 2.76 bits per heavy atom. The molecule has 0 saturated heterocycles. The monoisotopic (exact) mass is 306 g/mol. The lowest BCUT2D eigenvalue weighted by Crippen LogP contribution is -2.24. The van der Waals surface area contributed by atoms with E-state index in [9.17, 15) is 14.7 Å². The second-order valence-corrected chi connectivity index (χ2v) is 4.33. The summed E-state index contributed by atoms with van der Waals surface area (Å²) in [7, 11) is 0. The lowest BCUT2D eigenvalue weighted by atomic mass is 10.1. The molecule has 0 bridgehead atoms. The number of carbonyl (C=O) groups excluding carboxylic acids is 2. The maximum atomic E-state index is 10.8. The molecule has 0 aliphatic rings. The van der Waals surface area contributed by atoms with Gasteiger partial charge in [-0.2, -0.15) is 5.10 Å². The summed E-state index contributed by atoms with van der Waals surface area (Å²) in [5.74, 6) is -0.635. The number of carboxylic acids is 1. The molecule has 0 unspecified atom stereocenters. The van der Waals surface area contributed by atoms with Gasteiger partial charge in [0.05, 0.1) is 17.2 Å². The van der Waals surface area contributed by atoms with Crippen molar-refractivity contribution in [3.63, 3.8) is 0 Å². The summed E-state index contributed by atoms with van der Waals surface area (Å²) in [6, 6.07) is 6.48. The van der Waals surface area contributed by atoms with Crippen LogP contribution in [0.5, 0.6) is 0 Å². The number of nitrogens with zero attached hydrogens (tertiary/aromatic N) is 1. The van der Waals surface area contributed by atoms with Crippen molar-refractivity contribution in [2.45, 2.75) is 0 Å².